The van der Waals surface area contributed by atoms with Crippen LogP contribution in [-0.2, 0) is 24.2 Å². The molecule has 1 aromatic heterocycles. The molecule has 0 N–H and O–H groups in total. The van der Waals surface area contributed by atoms with E-state index in [-0.39, 0.29) is 24.5 Å². The molecule has 2 aromatic rings. The summed E-state index contributed by atoms with van der Waals surface area (Å²) >= 11 is 0. The molecule has 0 atom stereocenters. The molecule has 8 nitrogen and oxygen atoms in total. The average Bonchev–Trinajstić information content (AvgIpc) is 2.91. The average molecular weight is 394 g/mol. The van der Waals surface area contributed by atoms with E-state index in [4.69, 9.17) is 4.74 Å². The fraction of sp³-hybridized carbons (Fsp3) is 0.381. The number of imide groups is 1. The lowest BCUT2D eigenvalue weighted by Gasteiger charge is -2.30. The van der Waals surface area contributed by atoms with Gasteiger partial charge in [-0.3, -0.25) is 14.5 Å². The Balaban J connectivity index is 1.51. The second kappa shape index (κ2) is 6.95. The zero-order valence-electron chi connectivity index (χ0n) is 16.6. The Bertz CT molecular complexity index is 977. The third-order valence-corrected chi connectivity index (χ3v) is 4.84. The van der Waals surface area contributed by atoms with Gasteiger partial charge in [0.2, 0.25) is 0 Å². The molecule has 3 amide bonds. The summed E-state index contributed by atoms with van der Waals surface area (Å²) in [7, 11) is 0. The number of rotatable bonds is 2. The van der Waals surface area contributed by atoms with Gasteiger partial charge in [0.25, 0.3) is 11.8 Å². The second-order valence-corrected chi connectivity index (χ2v) is 8.20. The van der Waals surface area contributed by atoms with Crippen molar-refractivity contribution < 1.29 is 19.1 Å². The molecule has 0 saturated carbocycles. The highest BCUT2D eigenvalue weighted by Crippen LogP contribution is 2.25. The number of carbonyl (C=O) groups excluding carboxylic acids is 3. The molecule has 0 radical (unpaired) electrons. The molecule has 4 rings (SSSR count). The maximum absolute atomic E-state index is 12.6. The molecular formula is C21H22N4O4. The van der Waals surface area contributed by atoms with Gasteiger partial charge in [-0.25, -0.2) is 4.79 Å². The summed E-state index contributed by atoms with van der Waals surface area (Å²) in [5.74, 6) is -0.666. The highest BCUT2D eigenvalue weighted by molar-refractivity contribution is 6.21. The number of hydrogen-bond donors (Lipinski definition) is 0. The largest absolute Gasteiger partial charge is 0.444 e. The van der Waals surface area contributed by atoms with Crippen molar-refractivity contribution in [1.82, 2.24) is 20.0 Å². The number of amides is 3. The third-order valence-electron chi connectivity index (χ3n) is 4.84. The molecule has 2 aliphatic rings. The van der Waals surface area contributed by atoms with Crippen LogP contribution in [0.1, 0.15) is 58.4 Å². The van der Waals surface area contributed by atoms with Crippen molar-refractivity contribution in [1.29, 1.82) is 0 Å². The van der Waals surface area contributed by atoms with Crippen LogP contribution in [0.4, 0.5) is 4.79 Å². The zero-order valence-corrected chi connectivity index (χ0v) is 16.6. The van der Waals surface area contributed by atoms with Gasteiger partial charge in [0.1, 0.15) is 5.60 Å². The number of fused-ring (bicyclic) bond motifs is 2. The van der Waals surface area contributed by atoms with E-state index in [0.29, 0.717) is 36.3 Å². The van der Waals surface area contributed by atoms with Gasteiger partial charge in [-0.15, -0.1) is 0 Å². The molecule has 0 fully saturated rings. The summed E-state index contributed by atoms with van der Waals surface area (Å²) < 4.78 is 5.45. The van der Waals surface area contributed by atoms with Crippen molar-refractivity contribution in [2.45, 2.75) is 45.9 Å². The van der Waals surface area contributed by atoms with Gasteiger partial charge in [-0.1, -0.05) is 12.1 Å². The molecule has 0 aliphatic carbocycles. The van der Waals surface area contributed by atoms with Gasteiger partial charge >= 0.3 is 6.09 Å². The Labute approximate surface area is 168 Å². The molecule has 2 aliphatic heterocycles. The summed E-state index contributed by atoms with van der Waals surface area (Å²) in [6, 6.07) is 8.57. The normalized spacial score (nSPS) is 16.0. The van der Waals surface area contributed by atoms with Gasteiger partial charge in [0.15, 0.2) is 0 Å². The van der Waals surface area contributed by atoms with Crippen LogP contribution in [-0.4, -0.2) is 50.1 Å². The number of hydrogen-bond acceptors (Lipinski definition) is 6. The van der Waals surface area contributed by atoms with Gasteiger partial charge < -0.3 is 9.64 Å². The van der Waals surface area contributed by atoms with Crippen LogP contribution in [0.3, 0.4) is 0 Å². The summed E-state index contributed by atoms with van der Waals surface area (Å²) in [6.07, 6.45) is 0.205. The van der Waals surface area contributed by atoms with Gasteiger partial charge in [-0.2, -0.15) is 10.2 Å². The molecule has 29 heavy (non-hydrogen) atoms. The Hall–Kier alpha value is -3.29. The van der Waals surface area contributed by atoms with Crippen molar-refractivity contribution in [3.63, 3.8) is 0 Å². The molecule has 1 aromatic carbocycles. The van der Waals surface area contributed by atoms with E-state index in [9.17, 15) is 14.4 Å². The molecular weight excluding hydrogens is 372 g/mol. The molecule has 150 valence electrons. The van der Waals surface area contributed by atoms with Crippen molar-refractivity contribution in [3.8, 4) is 0 Å². The molecule has 8 heteroatoms. The quantitative estimate of drug-likeness (QED) is 0.727. The highest BCUT2D eigenvalue weighted by atomic mass is 16.6. The van der Waals surface area contributed by atoms with Gasteiger partial charge in [0, 0.05) is 13.0 Å². The van der Waals surface area contributed by atoms with Crippen LogP contribution in [0.5, 0.6) is 0 Å². The van der Waals surface area contributed by atoms with E-state index in [1.165, 1.54) is 4.90 Å². The first-order valence-corrected chi connectivity index (χ1v) is 9.50. The Morgan fingerprint density at radius 2 is 1.76 bits per heavy atom. The van der Waals surface area contributed by atoms with E-state index >= 15 is 0 Å². The fourth-order valence-corrected chi connectivity index (χ4v) is 3.48. The van der Waals surface area contributed by atoms with Gasteiger partial charge in [0.05, 0.1) is 35.6 Å². The SMILES string of the molecule is CC(C)(C)OC(=O)N1CCc2nnc(CN3C(=O)c4ccccc4C3=O)cc2C1. The lowest BCUT2D eigenvalue weighted by molar-refractivity contribution is 0.0222. The predicted molar refractivity (Wildman–Crippen MR) is 103 cm³/mol. The second-order valence-electron chi connectivity index (χ2n) is 8.20. The number of carbonyl (C=O) groups is 3. The van der Waals surface area contributed by atoms with E-state index in [0.717, 1.165) is 11.3 Å². The van der Waals surface area contributed by atoms with Crippen molar-refractivity contribution in [3.05, 3.63) is 58.4 Å². The maximum Gasteiger partial charge on any atom is 0.410 e. The summed E-state index contributed by atoms with van der Waals surface area (Å²) in [5, 5.41) is 8.44. The predicted octanol–water partition coefficient (Wildman–Crippen LogP) is 2.57. The molecule has 0 spiro atoms. The lowest BCUT2D eigenvalue weighted by atomic mass is 10.1. The molecule has 0 saturated heterocycles. The van der Waals surface area contributed by atoms with Crippen LogP contribution < -0.4 is 0 Å². The fourth-order valence-electron chi connectivity index (χ4n) is 3.48. The topological polar surface area (TPSA) is 92.7 Å². The highest BCUT2D eigenvalue weighted by Gasteiger charge is 2.35. The lowest BCUT2D eigenvalue weighted by Crippen LogP contribution is -2.40. The Morgan fingerprint density at radius 3 is 2.38 bits per heavy atom. The first-order valence-electron chi connectivity index (χ1n) is 9.50. The monoisotopic (exact) mass is 394 g/mol. The molecule has 0 bridgehead atoms. The third kappa shape index (κ3) is 3.70. The van der Waals surface area contributed by atoms with Crippen LogP contribution in [0.2, 0.25) is 0 Å². The maximum atomic E-state index is 12.6. The van der Waals surface area contributed by atoms with Crippen molar-refractivity contribution in [2.24, 2.45) is 0 Å². The summed E-state index contributed by atoms with van der Waals surface area (Å²) in [6.45, 7) is 6.39. The minimum atomic E-state index is -0.565. The van der Waals surface area contributed by atoms with Crippen molar-refractivity contribution >= 4 is 17.9 Å². The standard InChI is InChI=1S/C21H22N4O4/c1-21(2,3)29-20(28)24-9-8-17-13(11-24)10-14(22-23-17)12-25-18(26)15-6-4-5-7-16(15)19(25)27/h4-7,10H,8-9,11-12H2,1-3H3. The number of nitrogens with zero attached hydrogens (tertiary/aromatic N) is 4. The first-order chi connectivity index (χ1) is 13.7. The van der Waals surface area contributed by atoms with Crippen LogP contribution in [0.15, 0.2) is 30.3 Å². The summed E-state index contributed by atoms with van der Waals surface area (Å²) in [4.78, 5) is 40.3. The summed E-state index contributed by atoms with van der Waals surface area (Å²) in [5.41, 5.74) is 2.41. The zero-order chi connectivity index (χ0) is 20.8. The van der Waals surface area contributed by atoms with Crippen LogP contribution >= 0.6 is 0 Å². The smallest absolute Gasteiger partial charge is 0.410 e. The molecule has 3 heterocycles. The molecule has 0 unspecified atom stereocenters. The first kappa shape index (κ1) is 19.0. The minimum absolute atomic E-state index is 0.0407. The number of aromatic nitrogens is 2. The number of benzene rings is 1. The van der Waals surface area contributed by atoms with E-state index < -0.39 is 5.60 Å². The van der Waals surface area contributed by atoms with Crippen LogP contribution in [0, 0.1) is 0 Å². The van der Waals surface area contributed by atoms with Crippen molar-refractivity contribution in [2.75, 3.05) is 6.54 Å². The Kier molecular flexibility index (Phi) is 4.56. The minimum Gasteiger partial charge on any atom is -0.444 e. The van der Waals surface area contributed by atoms with E-state index in [2.05, 4.69) is 10.2 Å². The van der Waals surface area contributed by atoms with E-state index in [1.807, 2.05) is 26.8 Å². The van der Waals surface area contributed by atoms with Crippen LogP contribution in [0.25, 0.3) is 0 Å². The van der Waals surface area contributed by atoms with Gasteiger partial charge in [-0.05, 0) is 44.5 Å². The Morgan fingerprint density at radius 1 is 1.10 bits per heavy atom. The van der Waals surface area contributed by atoms with E-state index in [1.54, 1.807) is 29.2 Å². The number of ether oxygens (including phenoxy) is 1.